The van der Waals surface area contributed by atoms with Gasteiger partial charge in [0.1, 0.15) is 17.1 Å². The maximum Gasteiger partial charge on any atom is 0.389 e. The number of anilines is 2. The first-order chi connectivity index (χ1) is 18.1. The van der Waals surface area contributed by atoms with Crippen LogP contribution in [0, 0.1) is 0 Å². The zero-order valence-corrected chi connectivity index (χ0v) is 20.4. The molecular formula is C28H27F3N2O5. The van der Waals surface area contributed by atoms with Crippen molar-refractivity contribution in [2.45, 2.75) is 25.4 Å². The number of alkyl halides is 3. The standard InChI is InChI=1S/C28H27F3N2O5/c29-28(30,31)15-3-16-36-25-5-2-1-4-23(25)27(35)38-22-11-6-19(7-12-22)8-13-26(34)37-17-14-20-9-10-21(32)18-24(20)33/h1-2,4-13,18H,3,14-17,32-33H2. The van der Waals surface area contributed by atoms with E-state index in [1.54, 1.807) is 60.7 Å². The molecule has 3 rings (SSSR count). The summed E-state index contributed by atoms with van der Waals surface area (Å²) in [4.78, 5) is 24.6. The van der Waals surface area contributed by atoms with E-state index >= 15 is 0 Å². The van der Waals surface area contributed by atoms with Gasteiger partial charge < -0.3 is 25.7 Å². The third kappa shape index (κ3) is 9.20. The van der Waals surface area contributed by atoms with Gasteiger partial charge in [-0.1, -0.05) is 30.3 Å². The van der Waals surface area contributed by atoms with Crippen LogP contribution >= 0.6 is 0 Å². The van der Waals surface area contributed by atoms with Crippen LogP contribution in [0.5, 0.6) is 11.5 Å². The zero-order chi connectivity index (χ0) is 27.5. The number of rotatable bonds is 11. The summed E-state index contributed by atoms with van der Waals surface area (Å²) in [5, 5.41) is 0. The third-order valence-corrected chi connectivity index (χ3v) is 5.26. The van der Waals surface area contributed by atoms with Crippen molar-refractivity contribution in [3.8, 4) is 11.5 Å². The number of hydrogen-bond acceptors (Lipinski definition) is 7. The Balaban J connectivity index is 1.48. The van der Waals surface area contributed by atoms with Crippen LogP contribution in [0.25, 0.3) is 6.08 Å². The summed E-state index contributed by atoms with van der Waals surface area (Å²) in [6, 6.07) is 17.7. The molecule has 3 aromatic rings. The SMILES string of the molecule is Nc1ccc(CCOC(=O)C=Cc2ccc(OC(=O)c3ccccc3OCCCC(F)(F)F)cc2)c(N)c1. The minimum absolute atomic E-state index is 0.0898. The Labute approximate surface area is 217 Å². The fraction of sp³-hybridized carbons (Fsp3) is 0.214. The largest absolute Gasteiger partial charge is 0.493 e. The minimum Gasteiger partial charge on any atom is -0.493 e. The Morgan fingerprint density at radius 1 is 0.921 bits per heavy atom. The highest BCUT2D eigenvalue weighted by molar-refractivity contribution is 5.94. The van der Waals surface area contributed by atoms with Crippen LogP contribution in [0.3, 0.4) is 0 Å². The fourth-order valence-electron chi connectivity index (χ4n) is 3.34. The van der Waals surface area contributed by atoms with Crippen LogP contribution in [-0.4, -0.2) is 31.3 Å². The molecule has 0 aromatic heterocycles. The van der Waals surface area contributed by atoms with Gasteiger partial charge in [-0.2, -0.15) is 13.2 Å². The van der Waals surface area contributed by atoms with E-state index in [1.165, 1.54) is 18.2 Å². The van der Waals surface area contributed by atoms with Crippen molar-refractivity contribution in [3.63, 3.8) is 0 Å². The smallest absolute Gasteiger partial charge is 0.389 e. The number of nitrogen functional groups attached to an aromatic ring is 2. The van der Waals surface area contributed by atoms with E-state index in [2.05, 4.69) is 0 Å². The van der Waals surface area contributed by atoms with Crippen LogP contribution in [0.1, 0.15) is 34.3 Å². The summed E-state index contributed by atoms with van der Waals surface area (Å²) in [5.41, 5.74) is 14.2. The van der Waals surface area contributed by atoms with Crippen LogP contribution in [-0.2, 0) is 16.0 Å². The number of ether oxygens (including phenoxy) is 3. The second-order valence-corrected chi connectivity index (χ2v) is 8.23. The Morgan fingerprint density at radius 3 is 2.37 bits per heavy atom. The molecule has 0 aliphatic heterocycles. The molecule has 0 aliphatic rings. The maximum absolute atomic E-state index is 12.6. The number of carbonyl (C=O) groups is 2. The molecule has 38 heavy (non-hydrogen) atoms. The molecule has 0 heterocycles. The predicted molar refractivity (Wildman–Crippen MR) is 138 cm³/mol. The number of nitrogens with two attached hydrogens (primary N) is 2. The molecule has 0 atom stereocenters. The predicted octanol–water partition coefficient (Wildman–Crippen LogP) is 5.59. The summed E-state index contributed by atoms with van der Waals surface area (Å²) in [6.45, 7) is -0.0393. The molecule has 200 valence electrons. The molecule has 4 N–H and O–H groups in total. The van der Waals surface area contributed by atoms with E-state index in [0.29, 0.717) is 23.4 Å². The highest BCUT2D eigenvalue weighted by Crippen LogP contribution is 2.24. The van der Waals surface area contributed by atoms with Gasteiger partial charge in [-0.3, -0.25) is 0 Å². The van der Waals surface area contributed by atoms with Crippen molar-refractivity contribution in [1.29, 1.82) is 0 Å². The van der Waals surface area contributed by atoms with Crippen LogP contribution in [0.2, 0.25) is 0 Å². The molecule has 0 fully saturated rings. The van der Waals surface area contributed by atoms with Crippen LogP contribution in [0.4, 0.5) is 24.5 Å². The number of benzene rings is 3. The molecule has 0 saturated heterocycles. The Hall–Kier alpha value is -4.47. The van der Waals surface area contributed by atoms with Gasteiger partial charge in [-0.25, -0.2) is 9.59 Å². The molecule has 0 aliphatic carbocycles. The first kappa shape index (κ1) is 28.1. The third-order valence-electron chi connectivity index (χ3n) is 5.26. The lowest BCUT2D eigenvalue weighted by Crippen LogP contribution is -2.13. The van der Waals surface area contributed by atoms with E-state index < -0.39 is 24.5 Å². The number of halogens is 3. The first-order valence-electron chi connectivity index (χ1n) is 11.7. The molecular weight excluding hydrogens is 501 g/mol. The Kier molecular flexibility index (Phi) is 9.75. The molecule has 10 heteroatoms. The summed E-state index contributed by atoms with van der Waals surface area (Å²) in [7, 11) is 0. The van der Waals surface area contributed by atoms with E-state index in [4.69, 9.17) is 25.7 Å². The average molecular weight is 529 g/mol. The van der Waals surface area contributed by atoms with Gasteiger partial charge in [0.25, 0.3) is 0 Å². The van der Waals surface area contributed by atoms with Crippen molar-refractivity contribution in [2.24, 2.45) is 0 Å². The van der Waals surface area contributed by atoms with E-state index in [-0.39, 0.29) is 36.7 Å². The molecule has 0 amide bonds. The topological polar surface area (TPSA) is 114 Å². The van der Waals surface area contributed by atoms with Gasteiger partial charge in [0.15, 0.2) is 0 Å². The van der Waals surface area contributed by atoms with Crippen LogP contribution < -0.4 is 20.9 Å². The second kappa shape index (κ2) is 13.2. The Bertz CT molecular complexity index is 1270. The minimum atomic E-state index is -4.27. The maximum atomic E-state index is 12.6. The quantitative estimate of drug-likeness (QED) is 0.110. The van der Waals surface area contributed by atoms with Crippen molar-refractivity contribution >= 4 is 29.4 Å². The summed E-state index contributed by atoms with van der Waals surface area (Å²) in [5.74, 6) is -0.870. The van der Waals surface area contributed by atoms with E-state index in [9.17, 15) is 22.8 Å². The zero-order valence-electron chi connectivity index (χ0n) is 20.4. The number of carbonyl (C=O) groups excluding carboxylic acids is 2. The number of hydrogen-bond donors (Lipinski definition) is 2. The van der Waals surface area contributed by atoms with E-state index in [0.717, 1.165) is 5.56 Å². The summed E-state index contributed by atoms with van der Waals surface area (Å²) >= 11 is 0. The van der Waals surface area contributed by atoms with Gasteiger partial charge in [-0.05, 0) is 60.0 Å². The van der Waals surface area contributed by atoms with Crippen molar-refractivity contribution in [2.75, 3.05) is 24.7 Å². The lowest BCUT2D eigenvalue weighted by molar-refractivity contribution is -0.138. The first-order valence-corrected chi connectivity index (χ1v) is 11.7. The summed E-state index contributed by atoms with van der Waals surface area (Å²) < 4.78 is 52.9. The van der Waals surface area contributed by atoms with Gasteiger partial charge in [0, 0.05) is 30.3 Å². The number of para-hydroxylation sites is 1. The fourth-order valence-corrected chi connectivity index (χ4v) is 3.34. The van der Waals surface area contributed by atoms with Gasteiger partial charge in [0.05, 0.1) is 13.2 Å². The molecule has 0 unspecified atom stereocenters. The highest BCUT2D eigenvalue weighted by Gasteiger charge is 2.26. The van der Waals surface area contributed by atoms with Crippen molar-refractivity contribution < 1.29 is 37.0 Å². The van der Waals surface area contributed by atoms with E-state index in [1.807, 2.05) is 0 Å². The normalized spacial score (nSPS) is 11.3. The lowest BCUT2D eigenvalue weighted by Gasteiger charge is -2.12. The Morgan fingerprint density at radius 2 is 1.66 bits per heavy atom. The molecule has 3 aromatic carbocycles. The lowest BCUT2D eigenvalue weighted by atomic mass is 10.1. The molecule has 0 saturated carbocycles. The highest BCUT2D eigenvalue weighted by atomic mass is 19.4. The average Bonchev–Trinajstić information content (AvgIpc) is 2.87. The van der Waals surface area contributed by atoms with Gasteiger partial charge in [-0.15, -0.1) is 0 Å². The molecule has 7 nitrogen and oxygen atoms in total. The van der Waals surface area contributed by atoms with Crippen LogP contribution in [0.15, 0.2) is 72.8 Å². The monoisotopic (exact) mass is 528 g/mol. The molecule has 0 radical (unpaired) electrons. The molecule has 0 spiro atoms. The van der Waals surface area contributed by atoms with Crippen molar-refractivity contribution in [3.05, 3.63) is 89.5 Å². The van der Waals surface area contributed by atoms with Gasteiger partial charge in [0.2, 0.25) is 0 Å². The second-order valence-electron chi connectivity index (χ2n) is 8.23. The summed E-state index contributed by atoms with van der Waals surface area (Å²) in [6.07, 6.45) is -2.19. The number of esters is 2. The van der Waals surface area contributed by atoms with Crippen molar-refractivity contribution in [1.82, 2.24) is 0 Å². The molecule has 0 bridgehead atoms. The van der Waals surface area contributed by atoms with Gasteiger partial charge >= 0.3 is 18.1 Å².